The number of carbonyl (C=O) groups excluding carboxylic acids is 7. The van der Waals surface area contributed by atoms with Crippen LogP contribution in [0.4, 0.5) is 4.79 Å². The van der Waals surface area contributed by atoms with Crippen molar-refractivity contribution in [1.82, 2.24) is 31.9 Å². The minimum Gasteiger partial charge on any atom is -0.469 e. The zero-order valence-corrected chi connectivity index (χ0v) is 30.1. The topological polar surface area (TPSA) is 210 Å². The molecule has 0 aromatic carbocycles. The molecule has 0 bridgehead atoms. The highest BCUT2D eigenvalue weighted by atomic mass is 16.6. The summed E-state index contributed by atoms with van der Waals surface area (Å²) in [6.45, 7) is 5.34. The molecule has 6 aliphatic rings. The molecule has 15 nitrogen and oxygen atoms in total. The van der Waals surface area contributed by atoms with Crippen molar-refractivity contribution in [3.63, 3.8) is 0 Å². The zero-order chi connectivity index (χ0) is 36.6. The number of rotatable bonds is 12. The van der Waals surface area contributed by atoms with Crippen molar-refractivity contribution >= 4 is 41.6 Å². The Balaban J connectivity index is 0.898. The average Bonchev–Trinajstić information content (AvgIpc) is 2.97. The van der Waals surface area contributed by atoms with Crippen LogP contribution in [0.3, 0.4) is 0 Å². The zero-order valence-electron chi connectivity index (χ0n) is 30.1. The van der Waals surface area contributed by atoms with Gasteiger partial charge in [0.05, 0.1) is 42.6 Å². The van der Waals surface area contributed by atoms with Gasteiger partial charge in [0.15, 0.2) is 0 Å². The first-order valence-electron chi connectivity index (χ1n) is 18.8. The van der Waals surface area contributed by atoms with Gasteiger partial charge in [-0.2, -0.15) is 0 Å². The Labute approximate surface area is 298 Å². The maximum absolute atomic E-state index is 13.2. The molecular formula is C36H54N6O9. The predicted molar refractivity (Wildman–Crippen MR) is 181 cm³/mol. The predicted octanol–water partition coefficient (Wildman–Crippen LogP) is 0.937. The minimum atomic E-state index is -0.633. The van der Waals surface area contributed by atoms with Gasteiger partial charge in [-0.1, -0.05) is 0 Å². The van der Waals surface area contributed by atoms with Gasteiger partial charge in [0.1, 0.15) is 5.60 Å². The second kappa shape index (κ2) is 15.0. The molecule has 51 heavy (non-hydrogen) atoms. The van der Waals surface area contributed by atoms with Crippen molar-refractivity contribution in [2.45, 2.75) is 140 Å². The molecule has 0 aromatic heterocycles. The molecule has 6 amide bonds. The van der Waals surface area contributed by atoms with Crippen LogP contribution < -0.4 is 31.9 Å². The van der Waals surface area contributed by atoms with Gasteiger partial charge in [-0.25, -0.2) is 4.79 Å². The van der Waals surface area contributed by atoms with E-state index in [2.05, 4.69) is 31.9 Å². The lowest BCUT2D eigenvalue weighted by Gasteiger charge is -2.44. The molecule has 0 heterocycles. The van der Waals surface area contributed by atoms with Crippen LogP contribution in [0.2, 0.25) is 0 Å². The molecule has 0 spiro atoms. The Morgan fingerprint density at radius 3 is 0.882 bits per heavy atom. The van der Waals surface area contributed by atoms with Crippen molar-refractivity contribution in [3.8, 4) is 0 Å². The Hall–Kier alpha value is -3.91. The fraction of sp³-hybridized carbons (Fsp3) is 0.806. The molecule has 0 saturated heterocycles. The van der Waals surface area contributed by atoms with Crippen LogP contribution in [0.5, 0.6) is 0 Å². The molecule has 6 aliphatic carbocycles. The van der Waals surface area contributed by atoms with Crippen LogP contribution >= 0.6 is 0 Å². The number of esters is 1. The number of hydrogen-bond donors (Lipinski definition) is 6. The number of alkyl carbamates (subject to hydrolysis) is 1. The Morgan fingerprint density at radius 1 is 0.412 bits per heavy atom. The lowest BCUT2D eigenvalue weighted by Crippen LogP contribution is -2.62. The fourth-order valence-electron chi connectivity index (χ4n) is 7.95. The molecule has 6 rings (SSSR count). The summed E-state index contributed by atoms with van der Waals surface area (Å²) in [4.78, 5) is 89.5. The van der Waals surface area contributed by atoms with E-state index in [1.165, 1.54) is 7.11 Å². The number of ether oxygens (including phenoxy) is 2. The third kappa shape index (κ3) is 8.11. The first kappa shape index (κ1) is 36.9. The Bertz CT molecular complexity index is 1420. The summed E-state index contributed by atoms with van der Waals surface area (Å²) in [6, 6.07) is -1.71. The number of amides is 6. The summed E-state index contributed by atoms with van der Waals surface area (Å²) in [5.41, 5.74) is -0.633. The van der Waals surface area contributed by atoms with E-state index in [-0.39, 0.29) is 107 Å². The van der Waals surface area contributed by atoms with E-state index >= 15 is 0 Å². The van der Waals surface area contributed by atoms with Crippen LogP contribution in [-0.4, -0.2) is 90.6 Å². The van der Waals surface area contributed by atoms with E-state index < -0.39 is 11.7 Å². The third-order valence-corrected chi connectivity index (χ3v) is 12.2. The average molecular weight is 715 g/mol. The standard InChI is InChI=1S/C36H54N6O9/c1-36(2,3)51-35(49)42-27-15-9-21(27)33(47)40-25-13-7-19(25)31(45)38-23-11-5-17(23)29(43)37-24-12-6-18(24)30(44)39-26-14-8-20(26)32(46)41-28-16-10-22(28)34(48)50-4/h17-28H,5-16H2,1-4H3,(H,37,43)(H,38,45)(H,39,44)(H,40,47)(H,41,46)(H,42,49)/t17-,18-,19-,20-,21-,22-,23-,24-,25-,26-,27-,28-/m1/s1. The lowest BCUT2D eigenvalue weighted by molar-refractivity contribution is -0.150. The van der Waals surface area contributed by atoms with Crippen molar-refractivity contribution in [1.29, 1.82) is 0 Å². The van der Waals surface area contributed by atoms with Gasteiger partial charge in [0, 0.05) is 36.3 Å². The molecule has 12 atom stereocenters. The molecule has 0 aromatic rings. The first-order valence-corrected chi connectivity index (χ1v) is 18.8. The quantitative estimate of drug-likeness (QED) is 0.159. The normalized spacial score (nSPS) is 36.2. The van der Waals surface area contributed by atoms with Gasteiger partial charge >= 0.3 is 12.1 Å². The monoisotopic (exact) mass is 714 g/mol. The maximum Gasteiger partial charge on any atom is 0.407 e. The first-order chi connectivity index (χ1) is 24.2. The lowest BCUT2D eigenvalue weighted by atomic mass is 9.73. The summed E-state index contributed by atoms with van der Waals surface area (Å²) in [5, 5.41) is 17.8. The fourth-order valence-corrected chi connectivity index (χ4v) is 7.95. The van der Waals surface area contributed by atoms with Gasteiger partial charge in [0.25, 0.3) is 0 Å². The summed E-state index contributed by atoms with van der Waals surface area (Å²) in [5.74, 6) is -3.36. The molecule has 6 N–H and O–H groups in total. The van der Waals surface area contributed by atoms with Crippen LogP contribution in [0.25, 0.3) is 0 Å². The molecule has 0 radical (unpaired) electrons. The van der Waals surface area contributed by atoms with Gasteiger partial charge < -0.3 is 41.4 Å². The van der Waals surface area contributed by atoms with Crippen LogP contribution in [0, 0.1) is 35.5 Å². The number of methoxy groups -OCH3 is 1. The summed E-state index contributed by atoms with van der Waals surface area (Å²) in [7, 11) is 1.34. The molecule has 0 aliphatic heterocycles. The Kier molecular flexibility index (Phi) is 10.8. The van der Waals surface area contributed by atoms with E-state index in [1.807, 2.05) is 0 Å². The van der Waals surface area contributed by atoms with Crippen LogP contribution in [0.1, 0.15) is 97.8 Å². The summed E-state index contributed by atoms with van der Waals surface area (Å²) < 4.78 is 10.1. The maximum atomic E-state index is 13.2. The van der Waals surface area contributed by atoms with E-state index in [0.717, 1.165) is 6.42 Å². The highest BCUT2D eigenvalue weighted by molar-refractivity contribution is 5.88. The van der Waals surface area contributed by atoms with Crippen molar-refractivity contribution in [3.05, 3.63) is 0 Å². The number of hydrogen-bond acceptors (Lipinski definition) is 9. The highest BCUT2D eigenvalue weighted by Gasteiger charge is 2.48. The molecule has 6 fully saturated rings. The van der Waals surface area contributed by atoms with Gasteiger partial charge in [-0.05, 0) is 97.8 Å². The van der Waals surface area contributed by atoms with Crippen LogP contribution in [-0.2, 0) is 38.2 Å². The van der Waals surface area contributed by atoms with Crippen molar-refractivity contribution < 1.29 is 43.0 Å². The van der Waals surface area contributed by atoms with E-state index in [0.29, 0.717) is 70.6 Å². The molecule has 282 valence electrons. The third-order valence-electron chi connectivity index (χ3n) is 12.2. The van der Waals surface area contributed by atoms with E-state index in [1.54, 1.807) is 20.8 Å². The highest BCUT2D eigenvalue weighted by Crippen LogP contribution is 2.36. The molecule has 0 unspecified atom stereocenters. The Morgan fingerprint density at radius 2 is 0.667 bits per heavy atom. The van der Waals surface area contributed by atoms with Crippen LogP contribution in [0.15, 0.2) is 0 Å². The second-order valence-electron chi connectivity index (χ2n) is 16.5. The smallest absolute Gasteiger partial charge is 0.407 e. The number of carbonyl (C=O) groups is 7. The van der Waals surface area contributed by atoms with E-state index in [9.17, 15) is 33.6 Å². The van der Waals surface area contributed by atoms with Gasteiger partial charge in [0.2, 0.25) is 29.5 Å². The largest absolute Gasteiger partial charge is 0.469 e. The number of nitrogens with one attached hydrogen (secondary N) is 6. The molecule has 15 heteroatoms. The van der Waals surface area contributed by atoms with Gasteiger partial charge in [-0.3, -0.25) is 28.8 Å². The second-order valence-corrected chi connectivity index (χ2v) is 16.5. The minimum absolute atomic E-state index is 0.156. The SMILES string of the molecule is COC(=O)[C@@H]1CC[C@H]1NC(=O)[C@@H]1CC[C@H]1NC(=O)[C@@H]1CC[C@H]1NC(=O)[C@@H]1CC[C@H]1NC(=O)[C@@H]1CC[C@H]1NC(=O)[C@@H]1CC[C@H]1NC(=O)OC(C)(C)C. The summed E-state index contributed by atoms with van der Waals surface area (Å²) in [6.07, 6.45) is 7.50. The van der Waals surface area contributed by atoms with Crippen molar-refractivity contribution in [2.75, 3.05) is 7.11 Å². The van der Waals surface area contributed by atoms with E-state index in [4.69, 9.17) is 9.47 Å². The summed E-state index contributed by atoms with van der Waals surface area (Å²) >= 11 is 0. The molecule has 6 saturated carbocycles. The van der Waals surface area contributed by atoms with Crippen molar-refractivity contribution in [2.24, 2.45) is 35.5 Å². The van der Waals surface area contributed by atoms with Gasteiger partial charge in [-0.15, -0.1) is 0 Å². The molecular weight excluding hydrogens is 660 g/mol.